The summed E-state index contributed by atoms with van der Waals surface area (Å²) in [5, 5.41) is 0. The minimum absolute atomic E-state index is 0.248. The highest BCUT2D eigenvalue weighted by Gasteiger charge is 2.30. The summed E-state index contributed by atoms with van der Waals surface area (Å²) in [4.78, 5) is 14.1. The van der Waals surface area contributed by atoms with Crippen LogP contribution in [0.4, 0.5) is 0 Å². The van der Waals surface area contributed by atoms with Gasteiger partial charge in [-0.05, 0) is 31.7 Å². The van der Waals surface area contributed by atoms with E-state index < -0.39 is 0 Å². The van der Waals surface area contributed by atoms with Crippen LogP contribution in [-0.2, 0) is 9.53 Å². The quantitative estimate of drug-likeness (QED) is 0.714. The van der Waals surface area contributed by atoms with Crippen LogP contribution >= 0.6 is 0 Å². The van der Waals surface area contributed by atoms with E-state index in [4.69, 9.17) is 4.74 Å². The lowest BCUT2D eigenvalue weighted by Crippen LogP contribution is -2.37. The predicted molar refractivity (Wildman–Crippen MR) is 70.0 cm³/mol. The smallest absolute Gasteiger partial charge is 0.137 e. The molecule has 3 nitrogen and oxygen atoms in total. The first-order chi connectivity index (χ1) is 8.04. The highest BCUT2D eigenvalue weighted by Crippen LogP contribution is 2.31. The maximum Gasteiger partial charge on any atom is 0.137 e. The number of ether oxygens (including phenoxy) is 1. The van der Waals surface area contributed by atoms with Gasteiger partial charge >= 0.3 is 0 Å². The zero-order valence-corrected chi connectivity index (χ0v) is 11.7. The Morgan fingerprint density at radius 2 is 2.18 bits per heavy atom. The zero-order valence-electron chi connectivity index (χ0n) is 11.7. The summed E-state index contributed by atoms with van der Waals surface area (Å²) >= 11 is 0. The number of likely N-dealkylation sites (N-methyl/N-ethyl adjacent to an activating group) is 1. The first-order valence-electron chi connectivity index (χ1n) is 6.74. The van der Waals surface area contributed by atoms with Gasteiger partial charge in [-0.1, -0.05) is 13.8 Å². The van der Waals surface area contributed by atoms with Crippen LogP contribution in [0, 0.1) is 17.8 Å². The van der Waals surface area contributed by atoms with Crippen LogP contribution in [0.5, 0.6) is 0 Å². The Hall–Kier alpha value is -0.410. The number of carbonyl (C=O) groups is 1. The van der Waals surface area contributed by atoms with Crippen molar-refractivity contribution in [3.63, 3.8) is 0 Å². The molecule has 0 radical (unpaired) electrons. The summed E-state index contributed by atoms with van der Waals surface area (Å²) in [5.74, 6) is 2.15. The maximum atomic E-state index is 11.9. The van der Waals surface area contributed by atoms with E-state index in [0.717, 1.165) is 44.9 Å². The molecule has 1 aliphatic carbocycles. The van der Waals surface area contributed by atoms with E-state index in [2.05, 4.69) is 25.8 Å². The molecule has 17 heavy (non-hydrogen) atoms. The fraction of sp³-hybridized carbons (Fsp3) is 0.929. The summed E-state index contributed by atoms with van der Waals surface area (Å²) in [6.45, 7) is 7.08. The highest BCUT2D eigenvalue weighted by atomic mass is 16.5. The first-order valence-corrected chi connectivity index (χ1v) is 6.74. The molecular formula is C14H27NO2. The second-order valence-corrected chi connectivity index (χ2v) is 5.70. The van der Waals surface area contributed by atoms with Gasteiger partial charge in [0.15, 0.2) is 0 Å². The van der Waals surface area contributed by atoms with Crippen molar-refractivity contribution >= 4 is 5.78 Å². The van der Waals surface area contributed by atoms with Crippen LogP contribution in [0.2, 0.25) is 0 Å². The van der Waals surface area contributed by atoms with Crippen molar-refractivity contribution in [2.75, 3.05) is 33.9 Å². The number of hydrogen-bond acceptors (Lipinski definition) is 3. The number of methoxy groups -OCH3 is 1. The van der Waals surface area contributed by atoms with Crippen LogP contribution in [0.15, 0.2) is 0 Å². The Morgan fingerprint density at radius 3 is 2.76 bits per heavy atom. The second-order valence-electron chi connectivity index (χ2n) is 5.70. The van der Waals surface area contributed by atoms with E-state index >= 15 is 0 Å². The third-order valence-electron chi connectivity index (χ3n) is 3.96. The fourth-order valence-corrected chi connectivity index (χ4v) is 2.64. The number of nitrogens with zero attached hydrogens (tertiary/aromatic N) is 1. The van der Waals surface area contributed by atoms with Crippen molar-refractivity contribution in [2.45, 2.75) is 33.1 Å². The van der Waals surface area contributed by atoms with Crippen molar-refractivity contribution in [3.05, 3.63) is 0 Å². The van der Waals surface area contributed by atoms with Crippen molar-refractivity contribution in [1.82, 2.24) is 4.90 Å². The Labute approximate surface area is 106 Å². The van der Waals surface area contributed by atoms with Gasteiger partial charge in [0.2, 0.25) is 0 Å². The molecule has 1 aliphatic rings. The van der Waals surface area contributed by atoms with Crippen molar-refractivity contribution < 1.29 is 9.53 Å². The Bertz CT molecular complexity index is 240. The lowest BCUT2D eigenvalue weighted by Gasteiger charge is -2.32. The molecule has 0 bridgehead atoms. The van der Waals surface area contributed by atoms with Gasteiger partial charge < -0.3 is 9.64 Å². The molecule has 1 saturated carbocycles. The van der Waals surface area contributed by atoms with Crippen molar-refractivity contribution in [2.24, 2.45) is 17.8 Å². The number of carbonyl (C=O) groups excluding carboxylic acids is 1. The van der Waals surface area contributed by atoms with Gasteiger partial charge in [0.05, 0.1) is 6.61 Å². The lowest BCUT2D eigenvalue weighted by atomic mass is 9.75. The Morgan fingerprint density at radius 1 is 1.47 bits per heavy atom. The number of Topliss-reactive ketones (excluding diaryl/α,β-unsaturated/α-hetero) is 1. The van der Waals surface area contributed by atoms with Crippen LogP contribution in [-0.4, -0.2) is 44.5 Å². The molecule has 0 amide bonds. The summed E-state index contributed by atoms with van der Waals surface area (Å²) in [5.41, 5.74) is 0. The van der Waals surface area contributed by atoms with E-state index in [0.29, 0.717) is 11.7 Å². The van der Waals surface area contributed by atoms with Crippen LogP contribution in [0.25, 0.3) is 0 Å². The molecule has 0 N–H and O–H groups in total. The third-order valence-corrected chi connectivity index (χ3v) is 3.96. The fourth-order valence-electron chi connectivity index (χ4n) is 2.64. The van der Waals surface area contributed by atoms with Gasteiger partial charge in [0.25, 0.3) is 0 Å². The summed E-state index contributed by atoms with van der Waals surface area (Å²) in [6.07, 6.45) is 2.95. The summed E-state index contributed by atoms with van der Waals surface area (Å²) < 4.78 is 5.06. The standard InChI is InChI=1S/C14H27NO2/c1-11(2)12-5-6-14(16)13(9-12)10-15(3)7-8-17-4/h11-13H,5-10H2,1-4H3. The molecule has 0 aliphatic heterocycles. The van der Waals surface area contributed by atoms with Crippen molar-refractivity contribution in [1.29, 1.82) is 0 Å². The van der Waals surface area contributed by atoms with Gasteiger partial charge in [-0.25, -0.2) is 0 Å². The van der Waals surface area contributed by atoms with E-state index in [-0.39, 0.29) is 5.92 Å². The van der Waals surface area contributed by atoms with Crippen LogP contribution in [0.3, 0.4) is 0 Å². The third kappa shape index (κ3) is 4.76. The van der Waals surface area contributed by atoms with E-state index in [1.165, 1.54) is 0 Å². The largest absolute Gasteiger partial charge is 0.383 e. The van der Waals surface area contributed by atoms with Crippen molar-refractivity contribution in [3.8, 4) is 0 Å². The molecule has 1 fully saturated rings. The lowest BCUT2D eigenvalue weighted by molar-refractivity contribution is -0.126. The number of rotatable bonds is 6. The van der Waals surface area contributed by atoms with Gasteiger partial charge in [0, 0.05) is 32.5 Å². The summed E-state index contributed by atoms with van der Waals surface area (Å²) in [7, 11) is 3.79. The predicted octanol–water partition coefficient (Wildman–Crippen LogP) is 2.21. The molecule has 2 atom stereocenters. The Balaban J connectivity index is 2.41. The van der Waals surface area contributed by atoms with Crippen LogP contribution < -0.4 is 0 Å². The van der Waals surface area contributed by atoms with E-state index in [1.54, 1.807) is 7.11 Å². The first kappa shape index (κ1) is 14.7. The molecule has 0 spiro atoms. The number of hydrogen-bond donors (Lipinski definition) is 0. The molecular weight excluding hydrogens is 214 g/mol. The van der Waals surface area contributed by atoms with Gasteiger partial charge in [-0.3, -0.25) is 4.79 Å². The summed E-state index contributed by atoms with van der Waals surface area (Å²) in [6, 6.07) is 0. The SMILES string of the molecule is COCCN(C)CC1CC(C(C)C)CCC1=O. The molecule has 3 heteroatoms. The molecule has 2 unspecified atom stereocenters. The molecule has 0 saturated heterocycles. The van der Waals surface area contributed by atoms with E-state index in [9.17, 15) is 4.79 Å². The van der Waals surface area contributed by atoms with E-state index in [1.807, 2.05) is 0 Å². The molecule has 100 valence electrons. The molecule has 0 heterocycles. The molecule has 0 aromatic carbocycles. The van der Waals surface area contributed by atoms with Gasteiger partial charge in [-0.15, -0.1) is 0 Å². The van der Waals surface area contributed by atoms with Crippen LogP contribution in [0.1, 0.15) is 33.1 Å². The minimum atomic E-state index is 0.248. The average molecular weight is 241 g/mol. The average Bonchev–Trinajstić information content (AvgIpc) is 2.29. The maximum absolute atomic E-state index is 11.9. The Kier molecular flexibility index (Phi) is 6.14. The molecule has 1 rings (SSSR count). The zero-order chi connectivity index (χ0) is 12.8. The normalized spacial score (nSPS) is 25.9. The monoisotopic (exact) mass is 241 g/mol. The molecule has 0 aromatic heterocycles. The molecule has 0 aromatic rings. The van der Waals surface area contributed by atoms with Gasteiger partial charge in [-0.2, -0.15) is 0 Å². The second kappa shape index (κ2) is 7.12. The highest BCUT2D eigenvalue weighted by molar-refractivity contribution is 5.81. The topological polar surface area (TPSA) is 29.5 Å². The number of ketones is 1. The minimum Gasteiger partial charge on any atom is -0.383 e. The van der Waals surface area contributed by atoms with Gasteiger partial charge in [0.1, 0.15) is 5.78 Å².